The fraction of sp³-hybridized carbons (Fsp3) is 0.533. The second-order valence-corrected chi connectivity index (χ2v) is 6.17. The molecule has 0 aliphatic carbocycles. The molecule has 0 bridgehead atoms. The van der Waals surface area contributed by atoms with E-state index >= 15 is 0 Å². The molecular weight excluding hydrogens is 272 g/mol. The first kappa shape index (κ1) is 15.4. The Balaban J connectivity index is 1.74. The van der Waals surface area contributed by atoms with E-state index in [0.29, 0.717) is 18.9 Å². The standard InChI is InChI=1S/C15H22N2O2S/c1-19-12-15(8-5-9-17-15)11-16-14(18)10-20-13-6-3-2-4-7-13/h2-4,6-7,17H,5,8-12H2,1H3,(H,16,18). The molecule has 2 N–H and O–H groups in total. The Hall–Kier alpha value is -1.04. The van der Waals surface area contributed by atoms with Crippen LogP contribution < -0.4 is 10.6 Å². The molecule has 1 atom stereocenters. The first-order chi connectivity index (χ1) is 9.74. The van der Waals surface area contributed by atoms with Crippen molar-refractivity contribution in [1.82, 2.24) is 10.6 Å². The minimum absolute atomic E-state index is 0.0723. The van der Waals surface area contributed by atoms with Crippen molar-refractivity contribution in [2.45, 2.75) is 23.3 Å². The smallest absolute Gasteiger partial charge is 0.230 e. The minimum atomic E-state index is -0.0815. The number of methoxy groups -OCH3 is 1. The number of carbonyl (C=O) groups is 1. The van der Waals surface area contributed by atoms with Crippen LogP contribution in [0.4, 0.5) is 0 Å². The monoisotopic (exact) mass is 294 g/mol. The minimum Gasteiger partial charge on any atom is -0.383 e. The highest BCUT2D eigenvalue weighted by molar-refractivity contribution is 8.00. The highest BCUT2D eigenvalue weighted by Gasteiger charge is 2.33. The van der Waals surface area contributed by atoms with E-state index in [4.69, 9.17) is 4.74 Å². The number of carbonyl (C=O) groups excluding carboxylic acids is 1. The third-order valence-corrected chi connectivity index (χ3v) is 4.50. The van der Waals surface area contributed by atoms with E-state index in [9.17, 15) is 4.79 Å². The molecule has 1 heterocycles. The lowest BCUT2D eigenvalue weighted by atomic mass is 9.99. The lowest BCUT2D eigenvalue weighted by molar-refractivity contribution is -0.119. The van der Waals surface area contributed by atoms with Gasteiger partial charge in [-0.25, -0.2) is 0 Å². The van der Waals surface area contributed by atoms with Crippen molar-refractivity contribution in [1.29, 1.82) is 0 Å². The Labute approximate surface area is 124 Å². The predicted octanol–water partition coefficient (Wildman–Crippen LogP) is 1.66. The summed E-state index contributed by atoms with van der Waals surface area (Å²) in [5.74, 6) is 0.524. The number of amides is 1. The van der Waals surface area contributed by atoms with Gasteiger partial charge in [0.25, 0.3) is 0 Å². The van der Waals surface area contributed by atoms with Gasteiger partial charge < -0.3 is 15.4 Å². The number of nitrogens with one attached hydrogen (secondary N) is 2. The topological polar surface area (TPSA) is 50.4 Å². The fourth-order valence-electron chi connectivity index (χ4n) is 2.45. The summed E-state index contributed by atoms with van der Waals surface area (Å²) in [5.41, 5.74) is -0.0815. The zero-order chi connectivity index (χ0) is 14.3. The fourth-order valence-corrected chi connectivity index (χ4v) is 3.20. The highest BCUT2D eigenvalue weighted by atomic mass is 32.2. The van der Waals surface area contributed by atoms with Crippen molar-refractivity contribution in [2.75, 3.05) is 32.6 Å². The zero-order valence-corrected chi connectivity index (χ0v) is 12.7. The van der Waals surface area contributed by atoms with Crippen molar-refractivity contribution >= 4 is 17.7 Å². The number of hydrogen-bond donors (Lipinski definition) is 2. The summed E-state index contributed by atoms with van der Waals surface area (Å²) in [6, 6.07) is 9.97. The van der Waals surface area contributed by atoms with Gasteiger partial charge in [-0.05, 0) is 31.5 Å². The van der Waals surface area contributed by atoms with Crippen molar-refractivity contribution in [2.24, 2.45) is 0 Å². The van der Waals surface area contributed by atoms with E-state index in [1.807, 2.05) is 30.3 Å². The quantitative estimate of drug-likeness (QED) is 0.751. The molecule has 2 rings (SSSR count). The first-order valence-electron chi connectivity index (χ1n) is 6.93. The van der Waals surface area contributed by atoms with Gasteiger partial charge in [-0.2, -0.15) is 0 Å². The maximum atomic E-state index is 11.9. The van der Waals surface area contributed by atoms with E-state index < -0.39 is 0 Å². The van der Waals surface area contributed by atoms with Crippen LogP contribution >= 0.6 is 11.8 Å². The van der Waals surface area contributed by atoms with Gasteiger partial charge in [0, 0.05) is 18.6 Å². The van der Waals surface area contributed by atoms with Crippen LogP contribution in [-0.4, -0.2) is 44.0 Å². The van der Waals surface area contributed by atoms with Crippen LogP contribution in [0, 0.1) is 0 Å². The van der Waals surface area contributed by atoms with Gasteiger partial charge in [0.05, 0.1) is 17.9 Å². The average Bonchev–Trinajstić information content (AvgIpc) is 2.93. The van der Waals surface area contributed by atoms with Crippen LogP contribution in [0.15, 0.2) is 35.2 Å². The lowest BCUT2D eigenvalue weighted by Gasteiger charge is -2.28. The molecule has 5 heteroatoms. The lowest BCUT2D eigenvalue weighted by Crippen LogP contribution is -2.53. The third kappa shape index (κ3) is 4.51. The molecule has 0 saturated carbocycles. The predicted molar refractivity (Wildman–Crippen MR) is 82.0 cm³/mol. The van der Waals surface area contributed by atoms with E-state index in [0.717, 1.165) is 24.3 Å². The van der Waals surface area contributed by atoms with Gasteiger partial charge in [0.1, 0.15) is 0 Å². The number of thioether (sulfide) groups is 1. The molecule has 0 spiro atoms. The van der Waals surface area contributed by atoms with Gasteiger partial charge in [-0.3, -0.25) is 4.79 Å². The van der Waals surface area contributed by atoms with Crippen LogP contribution in [0.5, 0.6) is 0 Å². The molecule has 1 unspecified atom stereocenters. The second-order valence-electron chi connectivity index (χ2n) is 5.12. The van der Waals surface area contributed by atoms with Gasteiger partial charge in [0.15, 0.2) is 0 Å². The summed E-state index contributed by atoms with van der Waals surface area (Å²) < 4.78 is 5.27. The largest absolute Gasteiger partial charge is 0.383 e. The second kappa shape index (κ2) is 7.67. The summed E-state index contributed by atoms with van der Waals surface area (Å²) in [4.78, 5) is 13.0. The Bertz CT molecular complexity index is 419. The number of benzene rings is 1. The van der Waals surface area contributed by atoms with E-state index in [1.54, 1.807) is 18.9 Å². The molecule has 1 amide bonds. The van der Waals surface area contributed by atoms with Crippen LogP contribution in [0.3, 0.4) is 0 Å². The number of rotatable bonds is 7. The van der Waals surface area contributed by atoms with Crippen molar-refractivity contribution < 1.29 is 9.53 Å². The van der Waals surface area contributed by atoms with Gasteiger partial charge in [-0.1, -0.05) is 18.2 Å². The molecule has 110 valence electrons. The number of ether oxygens (including phenoxy) is 1. The van der Waals surface area contributed by atoms with Crippen LogP contribution in [0.2, 0.25) is 0 Å². The molecule has 0 radical (unpaired) electrons. The molecule has 1 fully saturated rings. The first-order valence-corrected chi connectivity index (χ1v) is 7.91. The van der Waals surface area contributed by atoms with E-state index in [-0.39, 0.29) is 11.4 Å². The summed E-state index contributed by atoms with van der Waals surface area (Å²) in [6.45, 7) is 2.27. The highest BCUT2D eigenvalue weighted by Crippen LogP contribution is 2.19. The third-order valence-electron chi connectivity index (χ3n) is 3.49. The molecule has 1 aliphatic heterocycles. The normalized spacial score (nSPS) is 21.9. The maximum Gasteiger partial charge on any atom is 0.230 e. The van der Waals surface area contributed by atoms with Crippen molar-refractivity contribution in [3.63, 3.8) is 0 Å². The Morgan fingerprint density at radius 2 is 2.25 bits per heavy atom. The molecule has 1 saturated heterocycles. The Morgan fingerprint density at radius 3 is 2.90 bits per heavy atom. The Kier molecular flexibility index (Phi) is 5.88. The SMILES string of the molecule is COCC1(CNC(=O)CSc2ccccc2)CCCN1. The summed E-state index contributed by atoms with van der Waals surface area (Å²) in [6.07, 6.45) is 2.19. The molecule has 1 aliphatic rings. The zero-order valence-electron chi connectivity index (χ0n) is 11.9. The average molecular weight is 294 g/mol. The molecule has 1 aromatic carbocycles. The van der Waals surface area contributed by atoms with Crippen molar-refractivity contribution in [3.05, 3.63) is 30.3 Å². The maximum absolute atomic E-state index is 11.9. The van der Waals surface area contributed by atoms with E-state index in [2.05, 4.69) is 10.6 Å². The molecule has 4 nitrogen and oxygen atoms in total. The molecular formula is C15H22N2O2S. The van der Waals surface area contributed by atoms with Gasteiger partial charge in [-0.15, -0.1) is 11.8 Å². The summed E-state index contributed by atoms with van der Waals surface area (Å²) >= 11 is 1.56. The number of hydrogen-bond acceptors (Lipinski definition) is 4. The van der Waals surface area contributed by atoms with E-state index in [1.165, 1.54) is 0 Å². The molecule has 0 aromatic heterocycles. The van der Waals surface area contributed by atoms with Crippen LogP contribution in [0.25, 0.3) is 0 Å². The Morgan fingerprint density at radius 1 is 1.45 bits per heavy atom. The van der Waals surface area contributed by atoms with Crippen LogP contribution in [0.1, 0.15) is 12.8 Å². The molecule has 1 aromatic rings. The summed E-state index contributed by atoms with van der Waals surface area (Å²) in [7, 11) is 1.70. The van der Waals surface area contributed by atoms with Crippen molar-refractivity contribution in [3.8, 4) is 0 Å². The van der Waals surface area contributed by atoms with Gasteiger partial charge >= 0.3 is 0 Å². The molecule has 20 heavy (non-hydrogen) atoms. The van der Waals surface area contributed by atoms with Gasteiger partial charge in [0.2, 0.25) is 5.91 Å². The summed E-state index contributed by atoms with van der Waals surface area (Å²) in [5, 5.41) is 6.47. The van der Waals surface area contributed by atoms with Crippen LogP contribution in [-0.2, 0) is 9.53 Å².